The van der Waals surface area contributed by atoms with E-state index in [2.05, 4.69) is 0 Å². The predicted octanol–water partition coefficient (Wildman–Crippen LogP) is 4.98. The van der Waals surface area contributed by atoms with Crippen molar-refractivity contribution in [1.82, 2.24) is 4.90 Å². The Balaban J connectivity index is 1.52. The highest BCUT2D eigenvalue weighted by Gasteiger charge is 2.70. The van der Waals surface area contributed by atoms with Crippen LogP contribution in [0.1, 0.15) is 29.9 Å². The van der Waals surface area contributed by atoms with Gasteiger partial charge >= 0.3 is 0 Å². The monoisotopic (exact) mass is 584 g/mol. The molecule has 2 heterocycles. The van der Waals surface area contributed by atoms with Crippen LogP contribution in [0.15, 0.2) is 84.4 Å². The van der Waals surface area contributed by atoms with E-state index in [1.54, 1.807) is 54.6 Å². The van der Waals surface area contributed by atoms with E-state index < -0.39 is 58.4 Å². The number of fused-ring (bicyclic) bond motifs is 4. The molecule has 3 fully saturated rings. The number of benzene rings is 3. The van der Waals surface area contributed by atoms with Gasteiger partial charge in [0.2, 0.25) is 23.6 Å². The predicted molar refractivity (Wildman–Crippen MR) is 152 cm³/mol. The summed E-state index contributed by atoms with van der Waals surface area (Å²) in [4.78, 5) is 58.2. The molecule has 7 rings (SSSR count). The molecule has 4 aliphatic rings. The van der Waals surface area contributed by atoms with Crippen LogP contribution in [0.4, 0.5) is 10.1 Å². The molecule has 0 aromatic heterocycles. The average Bonchev–Trinajstić information content (AvgIpc) is 3.35. The lowest BCUT2D eigenvalue weighted by Gasteiger charge is -2.50. The lowest BCUT2D eigenvalue weighted by molar-refractivity contribution is -0.138. The normalized spacial score (nSPS) is 30.3. The van der Waals surface area contributed by atoms with E-state index in [4.69, 9.17) is 11.6 Å². The molecule has 3 aromatic rings. The Labute approximate surface area is 246 Å². The van der Waals surface area contributed by atoms with Crippen LogP contribution in [0, 0.1) is 29.5 Å². The van der Waals surface area contributed by atoms with Gasteiger partial charge in [0.1, 0.15) is 0 Å². The van der Waals surface area contributed by atoms with Gasteiger partial charge in [-0.2, -0.15) is 0 Å². The minimum Gasteiger partial charge on any atom is -0.505 e. The first-order valence-electron chi connectivity index (χ1n) is 13.9. The van der Waals surface area contributed by atoms with Gasteiger partial charge in [0.05, 0.1) is 28.9 Å². The Hall–Kier alpha value is -4.30. The number of rotatable bonds is 3. The molecule has 0 radical (unpaired) electrons. The topological polar surface area (TPSA) is 95.0 Å². The number of phenolic OH excluding ortho intramolecular Hbond substituents is 1. The van der Waals surface area contributed by atoms with E-state index in [9.17, 15) is 24.3 Å². The molecule has 4 amide bonds. The van der Waals surface area contributed by atoms with Gasteiger partial charge in [0.25, 0.3) is 0 Å². The summed E-state index contributed by atoms with van der Waals surface area (Å²) in [6.45, 7) is 0. The molecule has 1 N–H and O–H groups in total. The number of allylic oxidation sites excluding steroid dienone is 2. The molecular formula is C33H26ClFN2O5. The van der Waals surface area contributed by atoms with Gasteiger partial charge in [-0.05, 0) is 60.2 Å². The fraction of sp³-hybridized carbons (Fsp3) is 0.273. The van der Waals surface area contributed by atoms with Crippen LogP contribution in [0.3, 0.4) is 0 Å². The largest absolute Gasteiger partial charge is 0.505 e. The van der Waals surface area contributed by atoms with E-state index in [1.807, 2.05) is 12.1 Å². The smallest absolute Gasteiger partial charge is 0.246 e. The second kappa shape index (κ2) is 9.36. The molecule has 6 unspecified atom stereocenters. The zero-order chi connectivity index (χ0) is 29.5. The van der Waals surface area contributed by atoms with Crippen molar-refractivity contribution in [1.29, 1.82) is 0 Å². The SMILES string of the molecule is CN1C(=O)C2CC=C3C(CC4C(=O)N(c5cccc(Cl)c5)C(=O)C4(c4ccccc4)C3c3ccc(O)c(F)c3)C2C1=O. The first kappa shape index (κ1) is 26.6. The van der Waals surface area contributed by atoms with Crippen molar-refractivity contribution < 1.29 is 28.7 Å². The lowest BCUT2D eigenvalue weighted by atomic mass is 9.49. The van der Waals surface area contributed by atoms with Crippen LogP contribution < -0.4 is 4.90 Å². The molecule has 7 nitrogen and oxygen atoms in total. The van der Waals surface area contributed by atoms with Crippen molar-refractivity contribution in [3.05, 3.63) is 106 Å². The molecule has 1 saturated carbocycles. The van der Waals surface area contributed by atoms with Crippen molar-refractivity contribution in [2.45, 2.75) is 24.2 Å². The summed E-state index contributed by atoms with van der Waals surface area (Å²) in [5, 5.41) is 10.4. The fourth-order valence-electron chi connectivity index (χ4n) is 7.98. The molecule has 2 aliphatic heterocycles. The quantitative estimate of drug-likeness (QED) is 0.346. The van der Waals surface area contributed by atoms with Gasteiger partial charge in [-0.15, -0.1) is 0 Å². The first-order valence-corrected chi connectivity index (χ1v) is 14.2. The van der Waals surface area contributed by atoms with E-state index >= 15 is 4.39 Å². The Morgan fingerprint density at radius 3 is 2.38 bits per heavy atom. The third-order valence-corrected chi connectivity index (χ3v) is 9.93. The number of hydrogen-bond donors (Lipinski definition) is 1. The minimum atomic E-state index is -1.49. The Kier molecular flexibility index (Phi) is 5.92. The number of halogens is 2. The molecule has 2 aliphatic carbocycles. The highest BCUT2D eigenvalue weighted by molar-refractivity contribution is 6.32. The zero-order valence-corrected chi connectivity index (χ0v) is 23.3. The summed E-state index contributed by atoms with van der Waals surface area (Å²) in [6, 6.07) is 19.5. The number of amides is 4. The molecule has 42 heavy (non-hydrogen) atoms. The highest BCUT2D eigenvalue weighted by atomic mass is 35.5. The van der Waals surface area contributed by atoms with Crippen LogP contribution in [0.25, 0.3) is 0 Å². The summed E-state index contributed by atoms with van der Waals surface area (Å²) in [5.74, 6) is -6.45. The van der Waals surface area contributed by atoms with Crippen molar-refractivity contribution >= 4 is 40.9 Å². The van der Waals surface area contributed by atoms with Gasteiger partial charge in [0.15, 0.2) is 11.6 Å². The van der Waals surface area contributed by atoms with Crippen molar-refractivity contribution in [2.75, 3.05) is 11.9 Å². The third kappa shape index (κ3) is 3.45. The number of anilines is 1. The Morgan fingerprint density at radius 2 is 1.67 bits per heavy atom. The van der Waals surface area contributed by atoms with E-state index in [0.717, 1.165) is 15.4 Å². The van der Waals surface area contributed by atoms with E-state index in [1.165, 1.54) is 19.2 Å². The van der Waals surface area contributed by atoms with Crippen LogP contribution in [-0.2, 0) is 24.6 Å². The van der Waals surface area contributed by atoms with Gasteiger partial charge < -0.3 is 5.11 Å². The van der Waals surface area contributed by atoms with Gasteiger partial charge in [-0.25, -0.2) is 9.29 Å². The second-order valence-corrected chi connectivity index (χ2v) is 12.0. The standard InChI is InChI=1S/C33H26ClFN2O5/c1-36-29(39)22-12-11-21-23(27(22)31(36)41)16-24-30(40)37(20-9-5-8-19(34)15-20)32(42)33(24,18-6-3-2-4-7-18)28(21)17-10-13-26(38)25(35)14-17/h2-11,13-15,22-24,27-28,38H,12,16H2,1H3. The number of hydrogen-bond acceptors (Lipinski definition) is 5. The molecule has 3 aromatic carbocycles. The zero-order valence-electron chi connectivity index (χ0n) is 22.5. The first-order chi connectivity index (χ1) is 20.2. The third-order valence-electron chi connectivity index (χ3n) is 9.69. The van der Waals surface area contributed by atoms with Crippen molar-refractivity contribution in [3.8, 4) is 5.75 Å². The molecular weight excluding hydrogens is 559 g/mol. The Morgan fingerprint density at radius 1 is 0.905 bits per heavy atom. The van der Waals surface area contributed by atoms with E-state index in [0.29, 0.717) is 21.8 Å². The number of imide groups is 2. The summed E-state index contributed by atoms with van der Waals surface area (Å²) < 4.78 is 15.0. The number of aromatic hydroxyl groups is 1. The maximum atomic E-state index is 15.0. The summed E-state index contributed by atoms with van der Waals surface area (Å²) in [6.07, 6.45) is 2.36. The van der Waals surface area contributed by atoms with E-state index in [-0.39, 0.29) is 24.7 Å². The van der Waals surface area contributed by atoms with Crippen molar-refractivity contribution in [2.24, 2.45) is 23.7 Å². The van der Waals surface area contributed by atoms with Gasteiger partial charge in [-0.1, -0.05) is 65.7 Å². The number of nitrogens with zero attached hydrogens (tertiary/aromatic N) is 2. The minimum absolute atomic E-state index is 0.160. The van der Waals surface area contributed by atoms with Gasteiger partial charge in [-0.3, -0.25) is 24.1 Å². The average molecular weight is 585 g/mol. The Bertz CT molecular complexity index is 1720. The van der Waals surface area contributed by atoms with Crippen LogP contribution >= 0.6 is 11.6 Å². The van der Waals surface area contributed by atoms with Crippen LogP contribution in [0.5, 0.6) is 5.75 Å². The molecule has 212 valence electrons. The van der Waals surface area contributed by atoms with Gasteiger partial charge in [0, 0.05) is 18.0 Å². The molecule has 2 saturated heterocycles. The maximum absolute atomic E-state index is 15.0. The molecule has 6 atom stereocenters. The lowest BCUT2D eigenvalue weighted by Crippen LogP contribution is -2.53. The molecule has 0 spiro atoms. The number of carbonyl (C=O) groups is 4. The number of carbonyl (C=O) groups excluding carboxylic acids is 4. The van der Waals surface area contributed by atoms with Crippen LogP contribution in [-0.4, -0.2) is 40.7 Å². The second-order valence-electron chi connectivity index (χ2n) is 11.5. The highest BCUT2D eigenvalue weighted by Crippen LogP contribution is 2.64. The van der Waals surface area contributed by atoms with Crippen LogP contribution in [0.2, 0.25) is 5.02 Å². The molecule has 9 heteroatoms. The summed E-state index contributed by atoms with van der Waals surface area (Å²) in [5.41, 5.74) is 0.541. The fourth-order valence-corrected chi connectivity index (χ4v) is 8.16. The summed E-state index contributed by atoms with van der Waals surface area (Å²) in [7, 11) is 1.47. The maximum Gasteiger partial charge on any atom is 0.246 e. The molecule has 0 bridgehead atoms. The summed E-state index contributed by atoms with van der Waals surface area (Å²) >= 11 is 6.29. The number of phenols is 1. The van der Waals surface area contributed by atoms with Crippen molar-refractivity contribution in [3.63, 3.8) is 0 Å². The number of likely N-dealkylation sites (tertiary alicyclic amines) is 1.